The number of nitrogens with zero attached hydrogens (tertiary/aromatic N) is 2. The van der Waals surface area contributed by atoms with E-state index in [0.717, 1.165) is 19.6 Å². The third-order valence-corrected chi connectivity index (χ3v) is 6.66. The molecule has 1 unspecified atom stereocenters. The molecule has 1 aliphatic rings. The van der Waals surface area contributed by atoms with Crippen molar-refractivity contribution >= 4 is 40.8 Å². The Morgan fingerprint density at radius 3 is 2.81 bits per heavy atom. The molecular weight excluding hydrogens is 383 g/mol. The van der Waals surface area contributed by atoms with Crippen LogP contribution < -0.4 is 0 Å². The monoisotopic (exact) mass is 408 g/mol. The van der Waals surface area contributed by atoms with Crippen LogP contribution in [0.3, 0.4) is 0 Å². The van der Waals surface area contributed by atoms with Crippen LogP contribution in [-0.2, 0) is 6.54 Å². The molecule has 5 heteroatoms. The number of benzene rings is 1. The summed E-state index contributed by atoms with van der Waals surface area (Å²) in [5, 5.41) is 1.24. The van der Waals surface area contributed by atoms with Crippen LogP contribution in [0.5, 0.6) is 0 Å². The minimum Gasteiger partial charge on any atom is -0.300 e. The molecule has 140 valence electrons. The van der Waals surface area contributed by atoms with Gasteiger partial charge in [0.25, 0.3) is 0 Å². The summed E-state index contributed by atoms with van der Waals surface area (Å²) < 4.78 is 0. The average Bonchev–Trinajstić information content (AvgIpc) is 3.02. The standard InChI is InChI=1S/C21H26Cl2N2S/c1-3-4-5-6-9-24-12-16-11-17-18(13-25(2)14-21(17)26-16)15-7-8-19(22)20(23)10-15/h7-8,10-12,18H,3-6,9,13-14H2,1-2H3. The summed E-state index contributed by atoms with van der Waals surface area (Å²) in [6.07, 6.45) is 7.09. The number of aliphatic imine (C=N–C) groups is 1. The number of rotatable bonds is 7. The number of hydrogen-bond donors (Lipinski definition) is 0. The molecule has 26 heavy (non-hydrogen) atoms. The van der Waals surface area contributed by atoms with Gasteiger partial charge in [-0.15, -0.1) is 11.3 Å². The first-order chi connectivity index (χ1) is 12.6. The largest absolute Gasteiger partial charge is 0.300 e. The Hall–Kier alpha value is -0.870. The summed E-state index contributed by atoms with van der Waals surface area (Å²) in [5.41, 5.74) is 2.65. The van der Waals surface area contributed by atoms with Gasteiger partial charge in [0, 0.05) is 41.5 Å². The fourth-order valence-corrected chi connectivity index (χ4v) is 4.97. The molecule has 0 saturated carbocycles. The molecule has 0 spiro atoms. The second kappa shape index (κ2) is 9.36. The molecule has 2 aromatic rings. The number of likely N-dealkylation sites (N-methyl/N-ethyl adjacent to an activating group) is 1. The van der Waals surface area contributed by atoms with E-state index in [9.17, 15) is 0 Å². The Balaban J connectivity index is 1.76. The highest BCUT2D eigenvalue weighted by molar-refractivity contribution is 7.13. The maximum atomic E-state index is 6.26. The van der Waals surface area contributed by atoms with Crippen molar-refractivity contribution in [1.29, 1.82) is 0 Å². The molecular formula is C21H26Cl2N2S. The minimum absolute atomic E-state index is 0.335. The number of thiophene rings is 1. The lowest BCUT2D eigenvalue weighted by Crippen LogP contribution is -2.29. The van der Waals surface area contributed by atoms with Gasteiger partial charge in [-0.05, 0) is 42.8 Å². The Bertz CT molecular complexity index is 769. The molecule has 0 aliphatic carbocycles. The Morgan fingerprint density at radius 1 is 1.19 bits per heavy atom. The van der Waals surface area contributed by atoms with Crippen molar-refractivity contribution in [3.05, 3.63) is 55.2 Å². The normalized spacial score (nSPS) is 17.8. The molecule has 1 atom stereocenters. The highest BCUT2D eigenvalue weighted by atomic mass is 35.5. The van der Waals surface area contributed by atoms with Gasteiger partial charge in [-0.25, -0.2) is 0 Å². The van der Waals surface area contributed by atoms with Crippen LogP contribution >= 0.6 is 34.5 Å². The van der Waals surface area contributed by atoms with Gasteiger partial charge < -0.3 is 4.90 Å². The third kappa shape index (κ3) is 4.89. The molecule has 1 aromatic carbocycles. The lowest BCUT2D eigenvalue weighted by Gasteiger charge is -2.30. The van der Waals surface area contributed by atoms with Crippen LogP contribution in [0.1, 0.15) is 59.4 Å². The SMILES string of the molecule is CCCCCCN=Cc1cc2c(s1)CN(C)CC2c1ccc(Cl)c(Cl)c1. The van der Waals surface area contributed by atoms with Gasteiger partial charge in [0.1, 0.15) is 0 Å². The second-order valence-electron chi connectivity index (χ2n) is 7.05. The molecule has 1 aliphatic heterocycles. The summed E-state index contributed by atoms with van der Waals surface area (Å²) in [7, 11) is 2.18. The molecule has 1 aromatic heterocycles. The van der Waals surface area contributed by atoms with E-state index in [1.165, 1.54) is 46.6 Å². The lowest BCUT2D eigenvalue weighted by atomic mass is 9.88. The summed E-state index contributed by atoms with van der Waals surface area (Å²) in [5.74, 6) is 0.335. The lowest BCUT2D eigenvalue weighted by molar-refractivity contribution is 0.299. The van der Waals surface area contributed by atoms with Crippen LogP contribution in [0.4, 0.5) is 0 Å². The van der Waals surface area contributed by atoms with Crippen LogP contribution in [0.2, 0.25) is 10.0 Å². The molecule has 0 fully saturated rings. The highest BCUT2D eigenvalue weighted by Gasteiger charge is 2.27. The van der Waals surface area contributed by atoms with Gasteiger partial charge in [0.05, 0.1) is 10.0 Å². The average molecular weight is 409 g/mol. The zero-order chi connectivity index (χ0) is 18.5. The molecule has 0 N–H and O–H groups in total. The summed E-state index contributed by atoms with van der Waals surface area (Å²) in [6, 6.07) is 8.33. The topological polar surface area (TPSA) is 15.6 Å². The number of fused-ring (bicyclic) bond motifs is 1. The molecule has 2 nitrogen and oxygen atoms in total. The first kappa shape index (κ1) is 19.9. The van der Waals surface area contributed by atoms with E-state index in [2.05, 4.69) is 42.2 Å². The van der Waals surface area contributed by atoms with Crippen molar-refractivity contribution in [3.8, 4) is 0 Å². The van der Waals surface area contributed by atoms with Crippen LogP contribution in [0, 0.1) is 0 Å². The minimum atomic E-state index is 0.335. The third-order valence-electron chi connectivity index (χ3n) is 4.85. The van der Waals surface area contributed by atoms with E-state index in [-0.39, 0.29) is 0 Å². The zero-order valence-electron chi connectivity index (χ0n) is 15.5. The molecule has 0 bridgehead atoms. The van der Waals surface area contributed by atoms with Crippen molar-refractivity contribution < 1.29 is 0 Å². The smallest absolute Gasteiger partial charge is 0.0595 e. The molecule has 0 amide bonds. The number of unbranched alkanes of at least 4 members (excludes halogenated alkanes) is 3. The molecule has 2 heterocycles. The van der Waals surface area contributed by atoms with Gasteiger partial charge in [-0.3, -0.25) is 4.99 Å². The summed E-state index contributed by atoms with van der Waals surface area (Å²) in [4.78, 5) is 9.69. The fourth-order valence-electron chi connectivity index (χ4n) is 3.46. The maximum Gasteiger partial charge on any atom is 0.0595 e. The van der Waals surface area contributed by atoms with E-state index < -0.39 is 0 Å². The van der Waals surface area contributed by atoms with Crippen LogP contribution in [0.15, 0.2) is 29.3 Å². The first-order valence-electron chi connectivity index (χ1n) is 9.34. The maximum absolute atomic E-state index is 6.26. The van der Waals surface area contributed by atoms with Gasteiger partial charge in [-0.2, -0.15) is 0 Å². The van der Waals surface area contributed by atoms with Crippen molar-refractivity contribution in [2.75, 3.05) is 20.1 Å². The molecule has 3 rings (SSSR count). The second-order valence-corrected chi connectivity index (χ2v) is 9.03. The van der Waals surface area contributed by atoms with E-state index in [1.54, 1.807) is 0 Å². The first-order valence-corrected chi connectivity index (χ1v) is 10.9. The number of halogens is 2. The predicted octanol–water partition coefficient (Wildman–Crippen LogP) is 6.63. The van der Waals surface area contributed by atoms with Crippen LogP contribution in [0.25, 0.3) is 0 Å². The Morgan fingerprint density at radius 2 is 2.04 bits per heavy atom. The van der Waals surface area contributed by atoms with Crippen LogP contribution in [-0.4, -0.2) is 31.3 Å². The molecule has 0 radical (unpaired) electrons. The summed E-state index contributed by atoms with van der Waals surface area (Å²) >= 11 is 14.2. The Labute approximate surface area is 170 Å². The van der Waals surface area contributed by atoms with Gasteiger partial charge >= 0.3 is 0 Å². The zero-order valence-corrected chi connectivity index (χ0v) is 17.8. The predicted molar refractivity (Wildman–Crippen MR) is 116 cm³/mol. The van der Waals surface area contributed by atoms with Crippen molar-refractivity contribution in [2.45, 2.75) is 45.1 Å². The Kier molecular flexibility index (Phi) is 7.16. The molecule has 0 saturated heterocycles. The van der Waals surface area contributed by atoms with E-state index in [0.29, 0.717) is 16.0 Å². The van der Waals surface area contributed by atoms with E-state index >= 15 is 0 Å². The number of hydrogen-bond acceptors (Lipinski definition) is 3. The highest BCUT2D eigenvalue weighted by Crippen LogP contribution is 2.39. The van der Waals surface area contributed by atoms with E-state index in [1.807, 2.05) is 23.5 Å². The fraction of sp³-hybridized carbons (Fsp3) is 0.476. The van der Waals surface area contributed by atoms with Crippen molar-refractivity contribution in [2.24, 2.45) is 4.99 Å². The van der Waals surface area contributed by atoms with Gasteiger partial charge in [0.15, 0.2) is 0 Å². The van der Waals surface area contributed by atoms with E-state index in [4.69, 9.17) is 23.2 Å². The van der Waals surface area contributed by atoms with Gasteiger partial charge in [0.2, 0.25) is 0 Å². The quantitative estimate of drug-likeness (QED) is 0.370. The summed E-state index contributed by atoms with van der Waals surface area (Å²) in [6.45, 7) is 5.16. The van der Waals surface area contributed by atoms with Crippen molar-refractivity contribution in [3.63, 3.8) is 0 Å². The van der Waals surface area contributed by atoms with Gasteiger partial charge in [-0.1, -0.05) is 55.5 Å². The van der Waals surface area contributed by atoms with Crippen molar-refractivity contribution in [1.82, 2.24) is 4.90 Å².